The van der Waals surface area contributed by atoms with E-state index in [1.807, 2.05) is 19.2 Å². The summed E-state index contributed by atoms with van der Waals surface area (Å²) in [7, 11) is 2.03. The van der Waals surface area contributed by atoms with E-state index in [2.05, 4.69) is 44.6 Å². The SMILES string of the molecule is CN(c1ccnc2cc(Br)cnc12)C(C)(C)CCl. The van der Waals surface area contributed by atoms with Crippen molar-refractivity contribution in [1.82, 2.24) is 9.97 Å². The van der Waals surface area contributed by atoms with Gasteiger partial charge in [0.1, 0.15) is 5.52 Å². The summed E-state index contributed by atoms with van der Waals surface area (Å²) in [4.78, 5) is 10.9. The zero-order valence-electron chi connectivity index (χ0n) is 10.6. The molecule has 0 spiro atoms. The molecule has 0 aliphatic carbocycles. The van der Waals surface area contributed by atoms with Crippen molar-refractivity contribution < 1.29 is 0 Å². The van der Waals surface area contributed by atoms with Gasteiger partial charge in [-0.2, -0.15) is 0 Å². The van der Waals surface area contributed by atoms with E-state index in [9.17, 15) is 0 Å². The summed E-state index contributed by atoms with van der Waals surface area (Å²) >= 11 is 9.44. The first-order chi connectivity index (χ1) is 8.45. The summed E-state index contributed by atoms with van der Waals surface area (Å²) in [6.07, 6.45) is 3.58. The number of rotatable bonds is 3. The zero-order chi connectivity index (χ0) is 13.3. The first-order valence-electron chi connectivity index (χ1n) is 5.66. The Morgan fingerprint density at radius 2 is 2.11 bits per heavy atom. The minimum absolute atomic E-state index is 0.134. The summed E-state index contributed by atoms with van der Waals surface area (Å²) in [5.41, 5.74) is 2.67. The Morgan fingerprint density at radius 1 is 1.39 bits per heavy atom. The molecule has 96 valence electrons. The van der Waals surface area contributed by atoms with E-state index in [-0.39, 0.29) is 5.54 Å². The third-order valence-corrected chi connectivity index (χ3v) is 4.21. The van der Waals surface area contributed by atoms with Gasteiger partial charge in [0.25, 0.3) is 0 Å². The summed E-state index contributed by atoms with van der Waals surface area (Å²) in [5.74, 6) is 0.545. The number of pyridine rings is 2. The van der Waals surface area contributed by atoms with Crippen molar-refractivity contribution in [3.8, 4) is 0 Å². The van der Waals surface area contributed by atoms with Gasteiger partial charge in [0.15, 0.2) is 0 Å². The van der Waals surface area contributed by atoms with Crippen LogP contribution < -0.4 is 4.90 Å². The fourth-order valence-electron chi connectivity index (χ4n) is 1.68. The molecular formula is C13H15BrClN3. The molecule has 3 nitrogen and oxygen atoms in total. The van der Waals surface area contributed by atoms with Crippen LogP contribution in [0.15, 0.2) is 29.0 Å². The van der Waals surface area contributed by atoms with E-state index >= 15 is 0 Å². The number of alkyl halides is 1. The normalized spacial score (nSPS) is 11.8. The Balaban J connectivity index is 2.58. The van der Waals surface area contributed by atoms with Gasteiger partial charge in [0.2, 0.25) is 0 Å². The molecule has 0 saturated heterocycles. The fourth-order valence-corrected chi connectivity index (χ4v) is 2.18. The Bertz CT molecular complexity index is 571. The lowest BCUT2D eigenvalue weighted by Crippen LogP contribution is -2.43. The monoisotopic (exact) mass is 327 g/mol. The molecule has 2 heterocycles. The van der Waals surface area contributed by atoms with Gasteiger partial charge in [-0.1, -0.05) is 0 Å². The van der Waals surface area contributed by atoms with E-state index in [1.54, 1.807) is 12.4 Å². The number of hydrogen-bond donors (Lipinski definition) is 0. The topological polar surface area (TPSA) is 29.0 Å². The number of aromatic nitrogens is 2. The smallest absolute Gasteiger partial charge is 0.112 e. The van der Waals surface area contributed by atoms with E-state index in [4.69, 9.17) is 11.6 Å². The standard InChI is InChI=1S/C13H15BrClN3/c1-13(2,8-15)18(3)11-4-5-16-10-6-9(14)7-17-12(10)11/h4-7H,8H2,1-3H3. The first kappa shape index (κ1) is 13.6. The second-order valence-electron chi connectivity index (χ2n) is 4.86. The van der Waals surface area contributed by atoms with Crippen LogP contribution in [0.25, 0.3) is 11.0 Å². The lowest BCUT2D eigenvalue weighted by Gasteiger charge is -2.36. The summed E-state index contributed by atoms with van der Waals surface area (Å²) in [5, 5.41) is 0. The third kappa shape index (κ3) is 2.45. The molecule has 0 unspecified atom stereocenters. The maximum absolute atomic E-state index is 6.03. The van der Waals surface area contributed by atoms with Gasteiger partial charge in [-0.3, -0.25) is 9.97 Å². The number of nitrogens with zero attached hydrogens (tertiary/aromatic N) is 3. The molecule has 5 heteroatoms. The molecule has 2 aromatic heterocycles. The van der Waals surface area contributed by atoms with Gasteiger partial charge in [0.05, 0.1) is 11.2 Å². The molecule has 0 saturated carbocycles. The van der Waals surface area contributed by atoms with E-state index < -0.39 is 0 Å². The molecule has 0 aliphatic rings. The minimum atomic E-state index is -0.134. The highest BCUT2D eigenvalue weighted by Crippen LogP contribution is 2.29. The Kier molecular flexibility index (Phi) is 3.78. The van der Waals surface area contributed by atoms with Crippen molar-refractivity contribution in [2.45, 2.75) is 19.4 Å². The molecule has 0 amide bonds. The van der Waals surface area contributed by atoms with Crippen molar-refractivity contribution in [2.75, 3.05) is 17.8 Å². The molecule has 0 radical (unpaired) electrons. The van der Waals surface area contributed by atoms with Crippen LogP contribution >= 0.6 is 27.5 Å². The molecule has 0 aromatic carbocycles. The quantitative estimate of drug-likeness (QED) is 0.802. The number of halogens is 2. The Morgan fingerprint density at radius 3 is 2.78 bits per heavy atom. The lowest BCUT2D eigenvalue weighted by molar-refractivity contribution is 0.546. The van der Waals surface area contributed by atoms with Crippen molar-refractivity contribution >= 4 is 44.3 Å². The number of anilines is 1. The van der Waals surface area contributed by atoms with Crippen LogP contribution in [0.2, 0.25) is 0 Å². The van der Waals surface area contributed by atoms with Crippen LogP contribution in [-0.4, -0.2) is 28.4 Å². The highest BCUT2D eigenvalue weighted by molar-refractivity contribution is 9.10. The Hall–Kier alpha value is -0.870. The molecule has 2 aromatic rings. The molecule has 2 rings (SSSR count). The van der Waals surface area contributed by atoms with Gasteiger partial charge < -0.3 is 4.90 Å². The average Bonchev–Trinajstić information content (AvgIpc) is 2.36. The van der Waals surface area contributed by atoms with Gasteiger partial charge in [-0.15, -0.1) is 11.6 Å². The predicted octanol–water partition coefficient (Wildman–Crippen LogP) is 3.85. The van der Waals surface area contributed by atoms with Crippen LogP contribution in [0.3, 0.4) is 0 Å². The molecule has 0 bridgehead atoms. The van der Waals surface area contributed by atoms with E-state index in [1.165, 1.54) is 0 Å². The van der Waals surface area contributed by atoms with Gasteiger partial charge in [-0.05, 0) is 41.9 Å². The minimum Gasteiger partial charge on any atom is -0.366 e. The lowest BCUT2D eigenvalue weighted by atomic mass is 10.1. The molecule has 0 aliphatic heterocycles. The summed E-state index contributed by atoms with van der Waals surface area (Å²) in [6, 6.07) is 3.94. The maximum Gasteiger partial charge on any atom is 0.112 e. The zero-order valence-corrected chi connectivity index (χ0v) is 13.0. The van der Waals surface area contributed by atoms with Crippen molar-refractivity contribution in [1.29, 1.82) is 0 Å². The van der Waals surface area contributed by atoms with Gasteiger partial charge in [0, 0.05) is 35.3 Å². The second-order valence-corrected chi connectivity index (χ2v) is 6.04. The van der Waals surface area contributed by atoms with Crippen molar-refractivity contribution in [2.24, 2.45) is 0 Å². The molecule has 0 fully saturated rings. The predicted molar refractivity (Wildman–Crippen MR) is 80.4 cm³/mol. The fraction of sp³-hybridized carbons (Fsp3) is 0.385. The second kappa shape index (κ2) is 5.02. The highest BCUT2D eigenvalue weighted by Gasteiger charge is 2.24. The highest BCUT2D eigenvalue weighted by atomic mass is 79.9. The summed E-state index contributed by atoms with van der Waals surface area (Å²) in [6.45, 7) is 4.20. The number of hydrogen-bond acceptors (Lipinski definition) is 3. The van der Waals surface area contributed by atoms with Crippen molar-refractivity contribution in [3.63, 3.8) is 0 Å². The van der Waals surface area contributed by atoms with Crippen LogP contribution in [0, 0.1) is 0 Å². The van der Waals surface area contributed by atoms with Crippen LogP contribution in [0.4, 0.5) is 5.69 Å². The molecule has 0 atom stereocenters. The first-order valence-corrected chi connectivity index (χ1v) is 6.98. The maximum atomic E-state index is 6.03. The van der Waals surface area contributed by atoms with Crippen molar-refractivity contribution in [3.05, 3.63) is 29.0 Å². The van der Waals surface area contributed by atoms with Crippen LogP contribution in [-0.2, 0) is 0 Å². The largest absolute Gasteiger partial charge is 0.366 e. The summed E-state index contributed by atoms with van der Waals surface area (Å²) < 4.78 is 0.930. The molecular weight excluding hydrogens is 314 g/mol. The number of fused-ring (bicyclic) bond motifs is 1. The third-order valence-electron chi connectivity index (χ3n) is 3.12. The van der Waals surface area contributed by atoms with E-state index in [0.717, 1.165) is 21.2 Å². The molecule has 18 heavy (non-hydrogen) atoms. The molecule has 0 N–H and O–H groups in total. The van der Waals surface area contributed by atoms with Gasteiger partial charge >= 0.3 is 0 Å². The van der Waals surface area contributed by atoms with Gasteiger partial charge in [-0.25, -0.2) is 0 Å². The van der Waals surface area contributed by atoms with Crippen LogP contribution in [0.1, 0.15) is 13.8 Å². The Labute approximate surface area is 120 Å². The average molecular weight is 329 g/mol. The van der Waals surface area contributed by atoms with E-state index in [0.29, 0.717) is 5.88 Å². The van der Waals surface area contributed by atoms with Crippen LogP contribution in [0.5, 0.6) is 0 Å².